The van der Waals surface area contributed by atoms with Crippen LogP contribution in [0.2, 0.25) is 0 Å². The molecule has 11 rings (SSSR count). The Balaban J connectivity index is 1.02. The van der Waals surface area contributed by atoms with Crippen LogP contribution in [0.5, 0.6) is 0 Å². The van der Waals surface area contributed by atoms with Crippen LogP contribution in [0.3, 0.4) is 0 Å². The Morgan fingerprint density at radius 1 is 0.281 bits per heavy atom. The first-order valence-electron chi connectivity index (χ1n) is 19.3. The quantitative estimate of drug-likeness (QED) is 0.171. The largest absolute Gasteiger partial charge is 0.309 e. The van der Waals surface area contributed by atoms with Gasteiger partial charge in [-0.25, -0.2) is 15.0 Å². The zero-order chi connectivity index (χ0) is 37.7. The second kappa shape index (κ2) is 13.6. The van der Waals surface area contributed by atoms with Crippen LogP contribution in [0.1, 0.15) is 0 Å². The van der Waals surface area contributed by atoms with Crippen molar-refractivity contribution in [2.75, 3.05) is 0 Å². The van der Waals surface area contributed by atoms with Crippen molar-refractivity contribution in [2.45, 2.75) is 0 Å². The van der Waals surface area contributed by atoms with Crippen LogP contribution in [0, 0.1) is 0 Å². The topological polar surface area (TPSA) is 43.6 Å². The molecule has 0 atom stereocenters. The predicted octanol–water partition coefficient (Wildman–Crippen LogP) is 13.6. The van der Waals surface area contributed by atoms with Crippen LogP contribution in [-0.4, -0.2) is 19.5 Å². The Hall–Kier alpha value is -7.69. The van der Waals surface area contributed by atoms with E-state index < -0.39 is 0 Å². The third-order valence-corrected chi connectivity index (χ3v) is 11.0. The minimum atomic E-state index is 0.639. The van der Waals surface area contributed by atoms with Crippen LogP contribution < -0.4 is 0 Å². The van der Waals surface area contributed by atoms with E-state index in [1.807, 2.05) is 60.7 Å². The van der Waals surface area contributed by atoms with Crippen molar-refractivity contribution in [2.24, 2.45) is 0 Å². The summed E-state index contributed by atoms with van der Waals surface area (Å²) < 4.78 is 2.37. The first kappa shape index (κ1) is 32.7. The van der Waals surface area contributed by atoms with Gasteiger partial charge >= 0.3 is 0 Å². The summed E-state index contributed by atoms with van der Waals surface area (Å²) in [5, 5.41) is 7.40. The van der Waals surface area contributed by atoms with Gasteiger partial charge in [0.25, 0.3) is 0 Å². The normalized spacial score (nSPS) is 11.5. The van der Waals surface area contributed by atoms with E-state index in [4.69, 9.17) is 15.0 Å². The Bertz CT molecular complexity index is 3200. The van der Waals surface area contributed by atoms with Crippen molar-refractivity contribution >= 4 is 43.4 Å². The molecule has 0 fully saturated rings. The van der Waals surface area contributed by atoms with Crippen molar-refractivity contribution < 1.29 is 0 Å². The molecule has 0 bridgehead atoms. The van der Waals surface area contributed by atoms with Crippen molar-refractivity contribution in [1.82, 2.24) is 19.5 Å². The third-order valence-electron chi connectivity index (χ3n) is 11.0. The summed E-state index contributed by atoms with van der Waals surface area (Å²) in [6.07, 6.45) is 0. The van der Waals surface area contributed by atoms with Crippen molar-refractivity contribution in [3.05, 3.63) is 206 Å². The molecular weight excluding hydrogens is 693 g/mol. The number of para-hydroxylation sites is 1. The molecule has 0 N–H and O–H groups in total. The highest BCUT2D eigenvalue weighted by atomic mass is 15.0. The van der Waals surface area contributed by atoms with Crippen LogP contribution in [0.4, 0.5) is 0 Å². The maximum absolute atomic E-state index is 4.96. The molecule has 0 spiro atoms. The molecule has 0 aliphatic rings. The standard InChI is InChI=1S/C53H34N4/c1-4-12-35(13-5-1)41-23-20-36-21-24-42(33-44(36)32-41)43-25-22-37-28-31-49-50(47(37)34-43)46-18-10-11-19-48(46)57(49)45-29-26-40(27-30-45)53-55-51(38-14-6-2-7-15-38)54-52(56-53)39-16-8-3-9-17-39/h1-34H. The lowest BCUT2D eigenvalue weighted by Crippen LogP contribution is -2.00. The van der Waals surface area contributed by atoms with E-state index in [1.54, 1.807) is 0 Å². The number of nitrogens with zero attached hydrogens (tertiary/aromatic N) is 4. The first-order chi connectivity index (χ1) is 28.2. The van der Waals surface area contributed by atoms with Gasteiger partial charge in [0.1, 0.15) is 0 Å². The SMILES string of the molecule is c1ccc(-c2ccc3ccc(-c4ccc5ccc6c(c5c4)c4ccccc4n6-c4ccc(-c5nc(-c6ccccc6)nc(-c6ccccc6)n5)cc4)cc3c2)cc1. The first-order valence-corrected chi connectivity index (χ1v) is 19.3. The highest BCUT2D eigenvalue weighted by Gasteiger charge is 2.17. The highest BCUT2D eigenvalue weighted by Crippen LogP contribution is 2.39. The molecule has 4 heteroatoms. The lowest BCUT2D eigenvalue weighted by atomic mass is 9.95. The lowest BCUT2D eigenvalue weighted by molar-refractivity contribution is 1.07. The second-order valence-electron chi connectivity index (χ2n) is 14.5. The summed E-state index contributed by atoms with van der Waals surface area (Å²) in [5.41, 5.74) is 11.1. The molecule has 266 valence electrons. The summed E-state index contributed by atoms with van der Waals surface area (Å²) >= 11 is 0. The van der Waals surface area contributed by atoms with Gasteiger partial charge in [-0.3, -0.25) is 0 Å². The van der Waals surface area contributed by atoms with Gasteiger partial charge in [0.05, 0.1) is 11.0 Å². The molecule has 0 radical (unpaired) electrons. The number of aromatic nitrogens is 4. The molecule has 2 heterocycles. The number of rotatable bonds is 6. The average Bonchev–Trinajstić information content (AvgIpc) is 3.64. The van der Waals surface area contributed by atoms with Gasteiger partial charge in [0.2, 0.25) is 0 Å². The van der Waals surface area contributed by atoms with E-state index in [9.17, 15) is 0 Å². The zero-order valence-electron chi connectivity index (χ0n) is 30.9. The van der Waals surface area contributed by atoms with Gasteiger partial charge in [-0.1, -0.05) is 152 Å². The Morgan fingerprint density at radius 3 is 1.35 bits per heavy atom. The minimum Gasteiger partial charge on any atom is -0.309 e. The summed E-state index contributed by atoms with van der Waals surface area (Å²) in [7, 11) is 0. The molecule has 0 saturated heterocycles. The molecule has 4 nitrogen and oxygen atoms in total. The van der Waals surface area contributed by atoms with Crippen molar-refractivity contribution in [3.8, 4) is 62.1 Å². The maximum Gasteiger partial charge on any atom is 0.164 e. The zero-order valence-corrected chi connectivity index (χ0v) is 30.9. The third kappa shape index (κ3) is 5.83. The van der Waals surface area contributed by atoms with Gasteiger partial charge in [-0.2, -0.15) is 0 Å². The van der Waals surface area contributed by atoms with E-state index in [0.29, 0.717) is 17.5 Å². The Labute approximate surface area is 330 Å². The molecule has 11 aromatic rings. The van der Waals surface area contributed by atoms with Crippen LogP contribution in [-0.2, 0) is 0 Å². The van der Waals surface area contributed by atoms with Crippen molar-refractivity contribution in [1.29, 1.82) is 0 Å². The Morgan fingerprint density at radius 2 is 0.737 bits per heavy atom. The number of benzene rings is 9. The number of hydrogen-bond acceptors (Lipinski definition) is 3. The highest BCUT2D eigenvalue weighted by molar-refractivity contribution is 6.22. The average molecular weight is 727 g/mol. The van der Waals surface area contributed by atoms with E-state index in [1.165, 1.54) is 54.6 Å². The molecule has 0 saturated carbocycles. The van der Waals surface area contributed by atoms with E-state index in [-0.39, 0.29) is 0 Å². The van der Waals surface area contributed by atoms with Gasteiger partial charge in [0, 0.05) is 33.2 Å². The molecule has 0 unspecified atom stereocenters. The van der Waals surface area contributed by atoms with Crippen molar-refractivity contribution in [3.63, 3.8) is 0 Å². The molecule has 2 aromatic heterocycles. The maximum atomic E-state index is 4.96. The van der Waals surface area contributed by atoms with Crippen LogP contribution in [0.15, 0.2) is 206 Å². The fraction of sp³-hybridized carbons (Fsp3) is 0. The van der Waals surface area contributed by atoms with Gasteiger partial charge in [0.15, 0.2) is 17.5 Å². The monoisotopic (exact) mass is 726 g/mol. The fourth-order valence-electron chi connectivity index (χ4n) is 8.18. The predicted molar refractivity (Wildman–Crippen MR) is 236 cm³/mol. The smallest absolute Gasteiger partial charge is 0.164 e. The molecule has 9 aromatic carbocycles. The van der Waals surface area contributed by atoms with Crippen LogP contribution in [0.25, 0.3) is 105 Å². The second-order valence-corrected chi connectivity index (χ2v) is 14.5. The molecular formula is C53H34N4. The summed E-state index contributed by atoms with van der Waals surface area (Å²) in [6.45, 7) is 0. The minimum absolute atomic E-state index is 0.639. The lowest BCUT2D eigenvalue weighted by Gasteiger charge is -2.11. The van der Waals surface area contributed by atoms with E-state index in [0.717, 1.165) is 33.4 Å². The van der Waals surface area contributed by atoms with E-state index in [2.05, 4.69) is 150 Å². The van der Waals surface area contributed by atoms with Crippen LogP contribution >= 0.6 is 0 Å². The summed E-state index contributed by atoms with van der Waals surface area (Å²) in [5.74, 6) is 1.94. The molecule has 0 amide bonds. The summed E-state index contributed by atoms with van der Waals surface area (Å²) in [4.78, 5) is 14.8. The van der Waals surface area contributed by atoms with Gasteiger partial charge in [-0.15, -0.1) is 0 Å². The van der Waals surface area contributed by atoms with Gasteiger partial charge in [-0.05, 0) is 98.4 Å². The number of fused-ring (bicyclic) bond motifs is 6. The number of hydrogen-bond donors (Lipinski definition) is 0. The fourth-order valence-corrected chi connectivity index (χ4v) is 8.18. The van der Waals surface area contributed by atoms with E-state index >= 15 is 0 Å². The van der Waals surface area contributed by atoms with Gasteiger partial charge < -0.3 is 4.57 Å². The Kier molecular flexibility index (Phi) is 7.78. The molecule has 0 aliphatic heterocycles. The molecule has 0 aliphatic carbocycles. The molecule has 57 heavy (non-hydrogen) atoms. The summed E-state index contributed by atoms with van der Waals surface area (Å²) in [6, 6.07) is 73.1.